The van der Waals surface area contributed by atoms with Gasteiger partial charge in [-0.15, -0.1) is 0 Å². The lowest BCUT2D eigenvalue weighted by Crippen LogP contribution is -2.54. The van der Waals surface area contributed by atoms with Crippen molar-refractivity contribution in [3.63, 3.8) is 0 Å². The highest BCUT2D eigenvalue weighted by molar-refractivity contribution is 6.23. The Morgan fingerprint density at radius 1 is 0.918 bits per heavy atom. The number of fused-ring (bicyclic) bond motifs is 2. The number of benzene rings is 2. The van der Waals surface area contributed by atoms with Gasteiger partial charge in [-0.05, 0) is 113 Å². The Morgan fingerprint density at radius 2 is 1.73 bits per heavy atom. The molecule has 12 heteroatoms. The van der Waals surface area contributed by atoms with Gasteiger partial charge in [-0.1, -0.05) is 6.07 Å². The van der Waals surface area contributed by atoms with Gasteiger partial charge in [-0.3, -0.25) is 39.1 Å². The van der Waals surface area contributed by atoms with Crippen LogP contribution in [0.5, 0.6) is 0 Å². The van der Waals surface area contributed by atoms with Gasteiger partial charge in [-0.2, -0.15) is 5.10 Å². The Morgan fingerprint density at radius 3 is 2.55 bits per heavy atom. The van der Waals surface area contributed by atoms with Crippen LogP contribution < -0.4 is 10.6 Å². The molecule has 1 atom stereocenters. The lowest BCUT2D eigenvalue weighted by molar-refractivity contribution is -0.136. The van der Waals surface area contributed by atoms with Gasteiger partial charge in [0.15, 0.2) is 0 Å². The molecule has 1 unspecified atom stereocenters. The van der Waals surface area contributed by atoms with Crippen LogP contribution in [0.2, 0.25) is 0 Å². The van der Waals surface area contributed by atoms with Crippen molar-refractivity contribution in [3.8, 4) is 11.3 Å². The van der Waals surface area contributed by atoms with Crippen molar-refractivity contribution >= 4 is 40.3 Å². The van der Waals surface area contributed by atoms with Gasteiger partial charge in [0.05, 0.1) is 46.3 Å². The molecular formula is C37H40N8O4. The SMILES string of the molecule is CN1CCC(c2ccc3nc(-c4cnn(C5CC(CCCNc6ccc7c(c6)C(=O)N(C6CCC(=O)NC6=O)C7=O)C5)c4)cnc3c2)CC1. The number of carbonyl (C=O) groups excluding carboxylic acids is 4. The van der Waals surface area contributed by atoms with Crippen LogP contribution in [0.4, 0.5) is 5.69 Å². The number of likely N-dealkylation sites (tertiary alicyclic amines) is 1. The molecule has 4 aliphatic rings. The second-order valence-electron chi connectivity index (χ2n) is 14.1. The Bertz CT molecular complexity index is 1960. The van der Waals surface area contributed by atoms with E-state index in [1.54, 1.807) is 18.2 Å². The average Bonchev–Trinajstić information content (AvgIpc) is 3.66. The van der Waals surface area contributed by atoms with Crippen molar-refractivity contribution in [2.75, 3.05) is 32.0 Å². The van der Waals surface area contributed by atoms with E-state index >= 15 is 0 Å². The highest BCUT2D eigenvalue weighted by Gasteiger charge is 2.44. The zero-order valence-electron chi connectivity index (χ0n) is 27.6. The van der Waals surface area contributed by atoms with Crippen molar-refractivity contribution in [1.82, 2.24) is 34.9 Å². The molecule has 2 aromatic heterocycles. The highest BCUT2D eigenvalue weighted by Crippen LogP contribution is 2.41. The van der Waals surface area contributed by atoms with E-state index in [1.807, 2.05) is 12.4 Å². The molecule has 49 heavy (non-hydrogen) atoms. The maximum atomic E-state index is 13.1. The zero-order chi connectivity index (χ0) is 33.6. The Labute approximate surface area is 284 Å². The number of anilines is 1. The fraction of sp³-hybridized carbons (Fsp3) is 0.432. The Balaban J connectivity index is 0.807. The Hall–Kier alpha value is -4.97. The number of aromatic nitrogens is 4. The molecule has 4 amide bonds. The number of nitrogens with zero attached hydrogens (tertiary/aromatic N) is 6. The minimum Gasteiger partial charge on any atom is -0.385 e. The van der Waals surface area contributed by atoms with Gasteiger partial charge in [-0.25, -0.2) is 4.98 Å². The van der Waals surface area contributed by atoms with Crippen LogP contribution in [0.3, 0.4) is 0 Å². The van der Waals surface area contributed by atoms with Gasteiger partial charge in [0.25, 0.3) is 11.8 Å². The molecule has 3 aliphatic heterocycles. The van der Waals surface area contributed by atoms with E-state index in [1.165, 1.54) is 18.4 Å². The van der Waals surface area contributed by atoms with Gasteiger partial charge in [0.1, 0.15) is 6.04 Å². The average molecular weight is 661 g/mol. The second-order valence-corrected chi connectivity index (χ2v) is 14.1. The number of hydrogen-bond donors (Lipinski definition) is 2. The number of carbonyl (C=O) groups is 4. The summed E-state index contributed by atoms with van der Waals surface area (Å²) in [6, 6.07) is 11.1. The van der Waals surface area contributed by atoms with E-state index in [2.05, 4.69) is 56.8 Å². The van der Waals surface area contributed by atoms with Crippen molar-refractivity contribution in [2.45, 2.75) is 69.4 Å². The maximum absolute atomic E-state index is 13.1. The third-order valence-corrected chi connectivity index (χ3v) is 10.8. The first kappa shape index (κ1) is 31.3. The molecule has 3 fully saturated rings. The molecule has 0 bridgehead atoms. The molecule has 2 saturated heterocycles. The van der Waals surface area contributed by atoms with Crippen LogP contribution in [0, 0.1) is 5.92 Å². The zero-order valence-corrected chi connectivity index (χ0v) is 27.6. The van der Waals surface area contributed by atoms with Crippen LogP contribution in [-0.4, -0.2) is 85.9 Å². The molecule has 5 heterocycles. The van der Waals surface area contributed by atoms with Gasteiger partial charge in [0, 0.05) is 30.4 Å². The number of nitrogens with one attached hydrogen (secondary N) is 2. The summed E-state index contributed by atoms with van der Waals surface area (Å²) in [4.78, 5) is 62.9. The number of piperidine rings is 2. The molecule has 0 spiro atoms. The van der Waals surface area contributed by atoms with Crippen LogP contribution in [-0.2, 0) is 9.59 Å². The molecular weight excluding hydrogens is 620 g/mol. The largest absolute Gasteiger partial charge is 0.385 e. The minimum absolute atomic E-state index is 0.0987. The monoisotopic (exact) mass is 660 g/mol. The predicted molar refractivity (Wildman–Crippen MR) is 183 cm³/mol. The van der Waals surface area contributed by atoms with E-state index in [-0.39, 0.29) is 29.9 Å². The molecule has 12 nitrogen and oxygen atoms in total. The minimum atomic E-state index is -0.962. The standard InChI is InChI=1S/C37H40N8O4/c1-43-13-10-23(11-14-43)24-4-7-30-31(17-24)39-20-32(41-30)25-19-40-44(21-25)27-15-22(16-27)3-2-12-38-26-5-6-28-29(18-26)37(49)45(36(28)48)33-8-9-34(46)42-35(33)47/h4-7,17-23,27,33,38H,2-3,8-16H2,1H3,(H,42,46,47). The van der Waals surface area contributed by atoms with Crippen molar-refractivity contribution < 1.29 is 19.2 Å². The van der Waals surface area contributed by atoms with Crippen LogP contribution in [0.15, 0.2) is 55.0 Å². The van der Waals surface area contributed by atoms with E-state index in [0.29, 0.717) is 17.9 Å². The first-order valence-corrected chi connectivity index (χ1v) is 17.4. The van der Waals surface area contributed by atoms with Crippen LogP contribution in [0.1, 0.15) is 89.6 Å². The van der Waals surface area contributed by atoms with Gasteiger partial charge < -0.3 is 10.2 Å². The molecule has 2 aromatic carbocycles. The summed E-state index contributed by atoms with van der Waals surface area (Å²) in [5.41, 5.74) is 6.37. The predicted octanol–water partition coefficient (Wildman–Crippen LogP) is 4.55. The summed E-state index contributed by atoms with van der Waals surface area (Å²) in [6.07, 6.45) is 12.7. The Kier molecular flexibility index (Phi) is 8.18. The molecule has 252 valence electrons. The third-order valence-electron chi connectivity index (χ3n) is 10.8. The first-order chi connectivity index (χ1) is 23.8. The number of imide groups is 2. The second kappa shape index (κ2) is 12.8. The van der Waals surface area contributed by atoms with E-state index in [0.717, 1.165) is 78.2 Å². The maximum Gasteiger partial charge on any atom is 0.262 e. The van der Waals surface area contributed by atoms with Crippen molar-refractivity contribution in [1.29, 1.82) is 0 Å². The molecule has 1 aliphatic carbocycles. The quantitative estimate of drug-likeness (QED) is 0.195. The number of rotatable bonds is 9. The highest BCUT2D eigenvalue weighted by atomic mass is 16.2. The smallest absolute Gasteiger partial charge is 0.262 e. The lowest BCUT2D eigenvalue weighted by Gasteiger charge is -2.35. The van der Waals surface area contributed by atoms with Gasteiger partial charge >= 0.3 is 0 Å². The topological polar surface area (TPSA) is 142 Å². The van der Waals surface area contributed by atoms with Gasteiger partial charge in [0.2, 0.25) is 11.8 Å². The first-order valence-electron chi connectivity index (χ1n) is 17.4. The fourth-order valence-corrected chi connectivity index (χ4v) is 7.79. The lowest BCUT2D eigenvalue weighted by atomic mass is 9.77. The number of amides is 4. The van der Waals surface area contributed by atoms with Crippen LogP contribution in [0.25, 0.3) is 22.3 Å². The summed E-state index contributed by atoms with van der Waals surface area (Å²) in [5.74, 6) is -0.766. The van der Waals surface area contributed by atoms with E-state index in [4.69, 9.17) is 9.97 Å². The summed E-state index contributed by atoms with van der Waals surface area (Å²) >= 11 is 0. The molecule has 0 radical (unpaired) electrons. The normalized spacial score (nSPS) is 23.1. The summed E-state index contributed by atoms with van der Waals surface area (Å²) in [6.45, 7) is 3.02. The van der Waals surface area contributed by atoms with E-state index in [9.17, 15) is 19.2 Å². The summed E-state index contributed by atoms with van der Waals surface area (Å²) in [7, 11) is 2.19. The fourth-order valence-electron chi connectivity index (χ4n) is 7.79. The van der Waals surface area contributed by atoms with Crippen molar-refractivity contribution in [2.24, 2.45) is 5.92 Å². The molecule has 4 aromatic rings. The van der Waals surface area contributed by atoms with E-state index < -0.39 is 23.8 Å². The van der Waals surface area contributed by atoms with Crippen molar-refractivity contribution in [3.05, 3.63) is 71.7 Å². The molecule has 2 N–H and O–H groups in total. The molecule has 8 rings (SSSR count). The number of hydrogen-bond acceptors (Lipinski definition) is 9. The van der Waals surface area contributed by atoms with Crippen LogP contribution >= 0.6 is 0 Å². The third kappa shape index (κ3) is 6.09. The summed E-state index contributed by atoms with van der Waals surface area (Å²) < 4.78 is 2.07. The summed E-state index contributed by atoms with van der Waals surface area (Å²) in [5, 5.41) is 10.3. The molecule has 1 saturated carbocycles.